The zero-order valence-electron chi connectivity index (χ0n) is 16.5. The van der Waals surface area contributed by atoms with Crippen LogP contribution in [0.3, 0.4) is 0 Å². The van der Waals surface area contributed by atoms with Crippen LogP contribution in [-0.4, -0.2) is 30.1 Å². The molecule has 1 atom stereocenters. The van der Waals surface area contributed by atoms with Gasteiger partial charge in [0, 0.05) is 11.6 Å². The van der Waals surface area contributed by atoms with Crippen LogP contribution in [0.5, 0.6) is 11.5 Å². The third-order valence-corrected chi connectivity index (χ3v) is 4.52. The predicted molar refractivity (Wildman–Crippen MR) is 110 cm³/mol. The summed E-state index contributed by atoms with van der Waals surface area (Å²) in [5.41, 5.74) is 2.60. The number of amides is 1. The summed E-state index contributed by atoms with van der Waals surface area (Å²) in [6.45, 7) is 4.10. The molecule has 0 fully saturated rings. The van der Waals surface area contributed by atoms with Crippen molar-refractivity contribution in [3.05, 3.63) is 59.9 Å². The second-order valence-corrected chi connectivity index (χ2v) is 6.81. The van der Waals surface area contributed by atoms with E-state index < -0.39 is 0 Å². The van der Waals surface area contributed by atoms with E-state index >= 15 is 0 Å². The number of aromatic amines is 1. The third kappa shape index (κ3) is 4.34. The van der Waals surface area contributed by atoms with Crippen molar-refractivity contribution >= 4 is 23.0 Å². The van der Waals surface area contributed by atoms with E-state index in [9.17, 15) is 4.79 Å². The molecule has 6 heteroatoms. The summed E-state index contributed by atoms with van der Waals surface area (Å²) in [5.74, 6) is 2.08. The Morgan fingerprint density at radius 2 is 1.93 bits per heavy atom. The minimum absolute atomic E-state index is 0.171. The van der Waals surface area contributed by atoms with E-state index in [1.807, 2.05) is 56.3 Å². The summed E-state index contributed by atoms with van der Waals surface area (Å²) in [4.78, 5) is 20.5. The molecule has 0 aliphatic heterocycles. The molecule has 146 valence electrons. The molecule has 28 heavy (non-hydrogen) atoms. The van der Waals surface area contributed by atoms with Crippen LogP contribution >= 0.6 is 0 Å². The van der Waals surface area contributed by atoms with Gasteiger partial charge in [0.15, 0.2) is 0 Å². The summed E-state index contributed by atoms with van der Waals surface area (Å²) in [6, 6.07) is 13.0. The number of benzene rings is 2. The van der Waals surface area contributed by atoms with Crippen molar-refractivity contribution < 1.29 is 14.3 Å². The molecule has 2 N–H and O–H groups in total. The van der Waals surface area contributed by atoms with Crippen LogP contribution in [0.2, 0.25) is 0 Å². The normalized spacial score (nSPS) is 12.5. The largest absolute Gasteiger partial charge is 0.497 e. The number of rotatable bonds is 7. The highest BCUT2D eigenvalue weighted by Crippen LogP contribution is 2.25. The number of methoxy groups -OCH3 is 2. The number of carbonyl (C=O) groups is 1. The first-order valence-corrected chi connectivity index (χ1v) is 9.17. The molecular weight excluding hydrogens is 354 g/mol. The minimum Gasteiger partial charge on any atom is -0.497 e. The average molecular weight is 379 g/mol. The summed E-state index contributed by atoms with van der Waals surface area (Å²) >= 11 is 0. The van der Waals surface area contributed by atoms with Crippen molar-refractivity contribution in [2.24, 2.45) is 5.92 Å². The monoisotopic (exact) mass is 379 g/mol. The molecule has 0 aliphatic carbocycles. The van der Waals surface area contributed by atoms with Crippen LogP contribution in [0.4, 0.5) is 0 Å². The SMILES string of the molecule is COc1ccc(OC)c(C=CC(=O)NC(c2nc3ccccc3[nH]2)C(C)C)c1. The molecule has 1 aromatic heterocycles. The van der Waals surface area contributed by atoms with Gasteiger partial charge in [-0.1, -0.05) is 26.0 Å². The Morgan fingerprint density at radius 3 is 2.61 bits per heavy atom. The number of aromatic nitrogens is 2. The van der Waals surface area contributed by atoms with Crippen molar-refractivity contribution in [3.63, 3.8) is 0 Å². The second kappa shape index (κ2) is 8.61. The van der Waals surface area contributed by atoms with Crippen LogP contribution in [0.1, 0.15) is 31.3 Å². The lowest BCUT2D eigenvalue weighted by atomic mass is 10.0. The molecule has 3 aromatic rings. The number of para-hydroxylation sites is 2. The second-order valence-electron chi connectivity index (χ2n) is 6.81. The number of nitrogens with zero attached hydrogens (tertiary/aromatic N) is 1. The molecule has 6 nitrogen and oxygen atoms in total. The van der Waals surface area contributed by atoms with Crippen LogP contribution in [0.15, 0.2) is 48.5 Å². The van der Waals surface area contributed by atoms with E-state index in [1.54, 1.807) is 20.3 Å². The fourth-order valence-corrected chi connectivity index (χ4v) is 3.01. The molecule has 1 unspecified atom stereocenters. The Morgan fingerprint density at radius 1 is 1.14 bits per heavy atom. The van der Waals surface area contributed by atoms with Crippen LogP contribution in [-0.2, 0) is 4.79 Å². The zero-order valence-corrected chi connectivity index (χ0v) is 16.5. The first-order chi connectivity index (χ1) is 13.5. The standard InChI is InChI=1S/C22H25N3O3/c1-14(2)21(22-23-17-7-5-6-8-18(17)24-22)25-20(26)12-9-15-13-16(27-3)10-11-19(15)28-4/h5-14,21H,1-4H3,(H,23,24)(H,25,26). The predicted octanol–water partition coefficient (Wildman–Crippen LogP) is 4.11. The van der Waals surface area contributed by atoms with Gasteiger partial charge in [-0.15, -0.1) is 0 Å². The molecule has 0 radical (unpaired) electrons. The molecule has 1 amide bonds. The van der Waals surface area contributed by atoms with Gasteiger partial charge in [-0.3, -0.25) is 4.79 Å². The van der Waals surface area contributed by atoms with Gasteiger partial charge in [0.25, 0.3) is 0 Å². The van der Waals surface area contributed by atoms with Crippen molar-refractivity contribution in [2.75, 3.05) is 14.2 Å². The third-order valence-electron chi connectivity index (χ3n) is 4.52. The van der Waals surface area contributed by atoms with Gasteiger partial charge in [-0.25, -0.2) is 4.98 Å². The first-order valence-electron chi connectivity index (χ1n) is 9.17. The number of hydrogen-bond acceptors (Lipinski definition) is 4. The fourth-order valence-electron chi connectivity index (χ4n) is 3.01. The quantitative estimate of drug-likeness (QED) is 0.606. The fraction of sp³-hybridized carbons (Fsp3) is 0.273. The smallest absolute Gasteiger partial charge is 0.244 e. The molecule has 2 aromatic carbocycles. The minimum atomic E-state index is -0.225. The molecule has 0 saturated carbocycles. The Kier molecular flexibility index (Phi) is 5.99. The lowest BCUT2D eigenvalue weighted by Gasteiger charge is -2.19. The first kappa shape index (κ1) is 19.5. The molecule has 0 aliphatic rings. The van der Waals surface area contributed by atoms with Gasteiger partial charge in [-0.2, -0.15) is 0 Å². The molecule has 1 heterocycles. The number of carbonyl (C=O) groups excluding carboxylic acids is 1. The van der Waals surface area contributed by atoms with Crippen molar-refractivity contribution in [2.45, 2.75) is 19.9 Å². The van der Waals surface area contributed by atoms with E-state index in [1.165, 1.54) is 6.08 Å². The van der Waals surface area contributed by atoms with E-state index in [4.69, 9.17) is 9.47 Å². The molecule has 3 rings (SSSR count). The maximum atomic E-state index is 12.6. The lowest BCUT2D eigenvalue weighted by molar-refractivity contribution is -0.117. The number of H-pyrrole nitrogens is 1. The highest BCUT2D eigenvalue weighted by molar-refractivity contribution is 5.92. The lowest BCUT2D eigenvalue weighted by Crippen LogP contribution is -2.31. The number of hydrogen-bond donors (Lipinski definition) is 2. The van der Waals surface area contributed by atoms with Crippen molar-refractivity contribution in [1.82, 2.24) is 15.3 Å². The van der Waals surface area contributed by atoms with E-state index in [0.29, 0.717) is 11.5 Å². The Bertz CT molecular complexity index is 959. The molecular formula is C22H25N3O3. The Balaban J connectivity index is 1.79. The van der Waals surface area contributed by atoms with Crippen molar-refractivity contribution in [1.29, 1.82) is 0 Å². The van der Waals surface area contributed by atoms with Gasteiger partial charge < -0.3 is 19.8 Å². The number of fused-ring (bicyclic) bond motifs is 1. The van der Waals surface area contributed by atoms with E-state index in [2.05, 4.69) is 15.3 Å². The van der Waals surface area contributed by atoms with Gasteiger partial charge in [0.05, 0.1) is 31.3 Å². The summed E-state index contributed by atoms with van der Waals surface area (Å²) in [7, 11) is 3.19. The highest BCUT2D eigenvalue weighted by atomic mass is 16.5. The topological polar surface area (TPSA) is 76.2 Å². The average Bonchev–Trinajstić information content (AvgIpc) is 3.13. The van der Waals surface area contributed by atoms with Gasteiger partial charge in [0.2, 0.25) is 5.91 Å². The maximum absolute atomic E-state index is 12.6. The summed E-state index contributed by atoms with van der Waals surface area (Å²) in [6.07, 6.45) is 3.21. The number of nitrogens with one attached hydrogen (secondary N) is 2. The van der Waals surface area contributed by atoms with Crippen molar-refractivity contribution in [3.8, 4) is 11.5 Å². The van der Waals surface area contributed by atoms with Crippen LogP contribution in [0, 0.1) is 5.92 Å². The molecule has 0 bridgehead atoms. The molecule has 0 spiro atoms. The Labute approximate surface area is 164 Å². The number of imidazole rings is 1. The van der Waals surface area contributed by atoms with Gasteiger partial charge in [0.1, 0.15) is 17.3 Å². The van der Waals surface area contributed by atoms with Gasteiger partial charge >= 0.3 is 0 Å². The van der Waals surface area contributed by atoms with Crippen LogP contribution in [0.25, 0.3) is 17.1 Å². The van der Waals surface area contributed by atoms with E-state index in [0.717, 1.165) is 22.4 Å². The number of ether oxygens (including phenoxy) is 2. The van der Waals surface area contributed by atoms with Gasteiger partial charge in [-0.05, 0) is 42.3 Å². The van der Waals surface area contributed by atoms with Crippen LogP contribution < -0.4 is 14.8 Å². The highest BCUT2D eigenvalue weighted by Gasteiger charge is 2.21. The zero-order chi connectivity index (χ0) is 20.1. The molecule has 0 saturated heterocycles. The Hall–Kier alpha value is -3.28. The summed E-state index contributed by atoms with van der Waals surface area (Å²) < 4.78 is 10.6. The maximum Gasteiger partial charge on any atom is 0.244 e. The summed E-state index contributed by atoms with van der Waals surface area (Å²) in [5, 5.41) is 3.04. The van der Waals surface area contributed by atoms with E-state index in [-0.39, 0.29) is 17.9 Å².